The summed E-state index contributed by atoms with van der Waals surface area (Å²) in [5.74, 6) is 0.457. The fourth-order valence-electron chi connectivity index (χ4n) is 3.51. The number of esters is 1. The van der Waals surface area contributed by atoms with Crippen molar-refractivity contribution in [3.63, 3.8) is 0 Å². The molecule has 9 heteroatoms. The minimum atomic E-state index is -0.910. The molecule has 1 amide bonds. The second-order valence-corrected chi connectivity index (χ2v) is 8.84. The van der Waals surface area contributed by atoms with Gasteiger partial charge in [0.2, 0.25) is 0 Å². The van der Waals surface area contributed by atoms with Gasteiger partial charge in [0.25, 0.3) is 5.91 Å². The Balaban J connectivity index is 1.50. The van der Waals surface area contributed by atoms with Gasteiger partial charge in [-0.1, -0.05) is 48.3 Å². The van der Waals surface area contributed by atoms with Gasteiger partial charge in [-0.25, -0.2) is 9.78 Å². The minimum absolute atomic E-state index is 0.113. The first-order chi connectivity index (χ1) is 17.4. The smallest absolute Gasteiger partial charge is 0.328 e. The Morgan fingerprint density at radius 2 is 1.75 bits per heavy atom. The van der Waals surface area contributed by atoms with E-state index in [1.54, 1.807) is 24.4 Å². The number of ether oxygens (including phenoxy) is 2. The van der Waals surface area contributed by atoms with Crippen molar-refractivity contribution in [3.05, 3.63) is 87.5 Å². The average Bonchev–Trinajstić information content (AvgIpc) is 2.88. The van der Waals surface area contributed by atoms with Crippen molar-refractivity contribution in [3.8, 4) is 5.75 Å². The van der Waals surface area contributed by atoms with Gasteiger partial charge in [-0.05, 0) is 60.4 Å². The summed E-state index contributed by atoms with van der Waals surface area (Å²) in [5, 5.41) is 6.37. The van der Waals surface area contributed by atoms with Crippen LogP contribution in [0.2, 0.25) is 10.0 Å². The number of aryl methyl sites for hydroxylation is 1. The Morgan fingerprint density at radius 3 is 2.42 bits per heavy atom. The van der Waals surface area contributed by atoms with Gasteiger partial charge in [0, 0.05) is 19.2 Å². The van der Waals surface area contributed by atoms with Gasteiger partial charge < -0.3 is 20.1 Å². The lowest BCUT2D eigenvalue weighted by molar-refractivity contribution is -0.142. The maximum Gasteiger partial charge on any atom is 0.328 e. The summed E-state index contributed by atoms with van der Waals surface area (Å²) in [4.78, 5) is 29.4. The summed E-state index contributed by atoms with van der Waals surface area (Å²) >= 11 is 12.2. The number of anilines is 1. The zero-order valence-electron chi connectivity index (χ0n) is 20.2. The number of carbonyl (C=O) groups is 2. The fraction of sp³-hybridized carbons (Fsp3) is 0.296. The molecule has 0 fully saturated rings. The van der Waals surface area contributed by atoms with Crippen LogP contribution in [0.1, 0.15) is 34.8 Å². The summed E-state index contributed by atoms with van der Waals surface area (Å²) in [7, 11) is 1.27. The number of amides is 1. The number of pyridine rings is 1. The van der Waals surface area contributed by atoms with Gasteiger partial charge in [0.05, 0.1) is 29.3 Å². The Morgan fingerprint density at radius 1 is 1.03 bits per heavy atom. The number of halogens is 2. The molecule has 190 valence electrons. The van der Waals surface area contributed by atoms with Crippen LogP contribution in [0.3, 0.4) is 0 Å². The fourth-order valence-corrected chi connectivity index (χ4v) is 4.08. The van der Waals surface area contributed by atoms with Crippen LogP contribution in [0.25, 0.3) is 0 Å². The molecule has 1 heterocycles. The maximum atomic E-state index is 12.7. The van der Waals surface area contributed by atoms with Crippen molar-refractivity contribution in [2.45, 2.75) is 32.2 Å². The molecule has 0 saturated heterocycles. The summed E-state index contributed by atoms with van der Waals surface area (Å²) < 4.78 is 10.7. The predicted molar refractivity (Wildman–Crippen MR) is 142 cm³/mol. The van der Waals surface area contributed by atoms with Gasteiger partial charge in [0.15, 0.2) is 0 Å². The average molecular weight is 530 g/mol. The van der Waals surface area contributed by atoms with Crippen LogP contribution >= 0.6 is 23.2 Å². The molecule has 0 unspecified atom stereocenters. The highest BCUT2D eigenvalue weighted by atomic mass is 35.5. The van der Waals surface area contributed by atoms with Gasteiger partial charge in [-0.3, -0.25) is 4.79 Å². The molecule has 1 aromatic heterocycles. The summed E-state index contributed by atoms with van der Waals surface area (Å²) in [6.45, 7) is 3.40. The summed E-state index contributed by atoms with van der Waals surface area (Å²) in [6.07, 6.45) is 3.81. The highest BCUT2D eigenvalue weighted by Gasteiger charge is 2.25. The first-order valence-corrected chi connectivity index (χ1v) is 12.4. The highest BCUT2D eigenvalue weighted by Crippen LogP contribution is 2.24. The van der Waals surface area contributed by atoms with Gasteiger partial charge >= 0.3 is 5.97 Å². The Hall–Kier alpha value is -3.29. The molecule has 0 spiro atoms. The number of aromatic nitrogens is 1. The molecule has 7 nitrogen and oxygen atoms in total. The zero-order chi connectivity index (χ0) is 25.9. The van der Waals surface area contributed by atoms with Crippen LogP contribution in [0, 0.1) is 0 Å². The third-order valence-electron chi connectivity index (χ3n) is 5.47. The third kappa shape index (κ3) is 7.86. The first kappa shape index (κ1) is 27.3. The Labute approximate surface area is 221 Å². The molecule has 0 aliphatic carbocycles. The molecular formula is C27H29Cl2N3O4. The minimum Gasteiger partial charge on any atom is -0.494 e. The number of hydrogen-bond donors (Lipinski definition) is 2. The number of hydrogen-bond acceptors (Lipinski definition) is 6. The van der Waals surface area contributed by atoms with E-state index < -0.39 is 17.9 Å². The lowest BCUT2D eigenvalue weighted by Gasteiger charge is -2.18. The molecule has 0 radical (unpaired) electrons. The van der Waals surface area contributed by atoms with E-state index >= 15 is 0 Å². The SMILES string of the molecule is CCc1ccnc(NCCCOc2ccc(C[C@H](NC(=O)c3c(Cl)cccc3Cl)C(=O)OC)cc2)c1. The van der Waals surface area contributed by atoms with Crippen LogP contribution in [0.15, 0.2) is 60.8 Å². The molecule has 1 atom stereocenters. The Kier molecular flexibility index (Phi) is 10.4. The third-order valence-corrected chi connectivity index (χ3v) is 6.10. The number of carbonyl (C=O) groups excluding carboxylic acids is 2. The van der Waals surface area contributed by atoms with Gasteiger partial charge in [0.1, 0.15) is 17.6 Å². The number of nitrogens with zero attached hydrogens (tertiary/aromatic N) is 1. The molecule has 3 rings (SSSR count). The van der Waals surface area contributed by atoms with Gasteiger partial charge in [-0.2, -0.15) is 0 Å². The largest absolute Gasteiger partial charge is 0.494 e. The Bertz CT molecular complexity index is 1150. The highest BCUT2D eigenvalue weighted by molar-refractivity contribution is 6.39. The molecule has 2 aromatic carbocycles. The first-order valence-electron chi connectivity index (χ1n) is 11.6. The van der Waals surface area contributed by atoms with E-state index in [1.165, 1.54) is 12.7 Å². The summed E-state index contributed by atoms with van der Waals surface area (Å²) in [6, 6.07) is 15.3. The van der Waals surface area contributed by atoms with Crippen LogP contribution < -0.4 is 15.4 Å². The topological polar surface area (TPSA) is 89.6 Å². The number of nitrogens with one attached hydrogen (secondary N) is 2. The summed E-state index contributed by atoms with van der Waals surface area (Å²) in [5.41, 5.74) is 2.18. The molecule has 0 aliphatic rings. The maximum absolute atomic E-state index is 12.7. The van der Waals surface area contributed by atoms with Crippen molar-refractivity contribution < 1.29 is 19.1 Å². The van der Waals surface area contributed by atoms with E-state index in [9.17, 15) is 9.59 Å². The zero-order valence-corrected chi connectivity index (χ0v) is 21.7. The van der Waals surface area contributed by atoms with E-state index in [-0.39, 0.29) is 22.0 Å². The molecule has 0 bridgehead atoms. The van der Waals surface area contributed by atoms with Crippen LogP contribution in [-0.4, -0.2) is 43.2 Å². The van der Waals surface area contributed by atoms with E-state index in [2.05, 4.69) is 22.5 Å². The molecule has 36 heavy (non-hydrogen) atoms. The number of benzene rings is 2. The van der Waals surface area contributed by atoms with E-state index in [0.717, 1.165) is 30.8 Å². The molecule has 2 N–H and O–H groups in total. The van der Waals surface area contributed by atoms with E-state index in [4.69, 9.17) is 32.7 Å². The van der Waals surface area contributed by atoms with Crippen molar-refractivity contribution in [1.82, 2.24) is 10.3 Å². The molecule has 3 aromatic rings. The second-order valence-electron chi connectivity index (χ2n) is 8.03. The van der Waals surface area contributed by atoms with Crippen LogP contribution in [-0.2, 0) is 22.4 Å². The second kappa shape index (κ2) is 13.7. The molecule has 0 aliphatic heterocycles. The van der Waals surface area contributed by atoms with Crippen molar-refractivity contribution in [2.24, 2.45) is 0 Å². The van der Waals surface area contributed by atoms with Crippen molar-refractivity contribution >= 4 is 40.9 Å². The molecular weight excluding hydrogens is 501 g/mol. The predicted octanol–water partition coefficient (Wildman–Crippen LogP) is 5.35. The van der Waals surface area contributed by atoms with Crippen LogP contribution in [0.4, 0.5) is 5.82 Å². The van der Waals surface area contributed by atoms with Gasteiger partial charge in [-0.15, -0.1) is 0 Å². The molecule has 0 saturated carbocycles. The van der Waals surface area contributed by atoms with E-state index in [1.807, 2.05) is 36.4 Å². The van der Waals surface area contributed by atoms with Crippen LogP contribution in [0.5, 0.6) is 5.75 Å². The number of methoxy groups -OCH3 is 1. The lowest BCUT2D eigenvalue weighted by Crippen LogP contribution is -2.43. The monoisotopic (exact) mass is 529 g/mol. The number of rotatable bonds is 12. The quantitative estimate of drug-likeness (QED) is 0.243. The lowest BCUT2D eigenvalue weighted by atomic mass is 10.0. The van der Waals surface area contributed by atoms with Crippen molar-refractivity contribution in [1.29, 1.82) is 0 Å². The van der Waals surface area contributed by atoms with Crippen molar-refractivity contribution in [2.75, 3.05) is 25.6 Å². The normalized spacial score (nSPS) is 11.4. The van der Waals surface area contributed by atoms with E-state index in [0.29, 0.717) is 12.4 Å². The standard InChI is InChI=1S/C27H29Cl2N3O4/c1-3-18-12-14-31-24(17-18)30-13-5-15-36-20-10-8-19(9-11-20)16-23(27(34)35-2)32-26(33)25-21(28)6-4-7-22(25)29/h4,6-12,14,17,23H,3,5,13,15-16H2,1-2H3,(H,30,31)(H,32,33)/t23-/m0/s1.